The van der Waals surface area contributed by atoms with Crippen molar-refractivity contribution in [1.82, 2.24) is 0 Å². The Morgan fingerprint density at radius 3 is 1.56 bits per heavy atom. The van der Waals surface area contributed by atoms with Gasteiger partial charge in [0.2, 0.25) is 0 Å². The summed E-state index contributed by atoms with van der Waals surface area (Å²) >= 11 is 0. The number of phenols is 2. The van der Waals surface area contributed by atoms with Gasteiger partial charge in [-0.3, -0.25) is 4.99 Å². The van der Waals surface area contributed by atoms with E-state index in [4.69, 9.17) is 4.99 Å². The molecule has 3 N–H and O–H groups in total. The van der Waals surface area contributed by atoms with Gasteiger partial charge in [0.25, 0.3) is 0 Å². The van der Waals surface area contributed by atoms with Crippen LogP contribution in [-0.2, 0) is 38.4 Å². The molecular formula is C36H55CoN2O2+. The molecule has 0 unspecified atom stereocenters. The van der Waals surface area contributed by atoms with Crippen LogP contribution in [0.15, 0.2) is 29.3 Å². The van der Waals surface area contributed by atoms with Gasteiger partial charge in [0.15, 0.2) is 12.3 Å². The number of rotatable bonds is 4. The predicted octanol–water partition coefficient (Wildman–Crippen LogP) is 7.22. The van der Waals surface area contributed by atoms with Crippen molar-refractivity contribution in [3.63, 3.8) is 0 Å². The zero-order valence-electron chi connectivity index (χ0n) is 27.6. The Balaban J connectivity index is 0.00000588. The van der Waals surface area contributed by atoms with Gasteiger partial charge >= 0.3 is 0 Å². The standard InChI is InChI=1S/C36H54N2O2.Co/c1-33(2,3)25-17-23(31(39)27(19-25)35(7,8)9)21-37-29-15-13-14-16-30(29)38-22-24-18-26(34(4,5)6)20-28(32(24)40)36(10,11)12;/h17-22,29-30,39-40H,13-16H2,1-12H3;/p+1/t29-,30-;/m0./s1. The van der Waals surface area contributed by atoms with E-state index in [1.54, 1.807) is 0 Å². The Hall–Kier alpha value is -2.11. The van der Waals surface area contributed by atoms with Crippen LogP contribution in [0.1, 0.15) is 142 Å². The van der Waals surface area contributed by atoms with Crippen LogP contribution in [0.3, 0.4) is 0 Å². The number of nitrogens with zero attached hydrogens (tertiary/aromatic N) is 1. The Morgan fingerprint density at radius 2 is 1.10 bits per heavy atom. The molecule has 3 rings (SSSR count). The van der Waals surface area contributed by atoms with Gasteiger partial charge in [-0.15, -0.1) is 0 Å². The zero-order valence-corrected chi connectivity index (χ0v) is 28.7. The molecule has 0 amide bonds. The number of nitrogens with one attached hydrogen (secondary N) is 1. The van der Waals surface area contributed by atoms with E-state index in [-0.39, 0.29) is 50.5 Å². The maximum atomic E-state index is 11.2. The van der Waals surface area contributed by atoms with E-state index < -0.39 is 0 Å². The molecule has 1 aliphatic rings. The maximum absolute atomic E-state index is 11.2. The summed E-state index contributed by atoms with van der Waals surface area (Å²) in [5, 5.41) is 22.5. The fourth-order valence-electron chi connectivity index (χ4n) is 5.39. The second kappa shape index (κ2) is 12.6. The molecule has 41 heavy (non-hydrogen) atoms. The number of aliphatic imine (C=N–C) groups is 1. The molecule has 0 bridgehead atoms. The van der Waals surface area contributed by atoms with Gasteiger partial charge in [0, 0.05) is 46.1 Å². The molecule has 1 saturated carbocycles. The van der Waals surface area contributed by atoms with Gasteiger partial charge in [-0.2, -0.15) is 0 Å². The van der Waals surface area contributed by atoms with Crippen molar-refractivity contribution < 1.29 is 32.0 Å². The molecule has 0 aromatic heterocycles. The molecule has 1 fully saturated rings. The van der Waals surface area contributed by atoms with Gasteiger partial charge in [0.05, 0.1) is 5.56 Å². The number of phenolic OH excluding ortho intramolecular Hbond substituents is 2. The number of hydrogen-bond donors (Lipinski definition) is 3. The minimum absolute atomic E-state index is 0. The minimum atomic E-state index is -0.173. The summed E-state index contributed by atoms with van der Waals surface area (Å²) in [5.74, 6) is 0.678. The normalized spacial score (nSPS) is 19.1. The summed E-state index contributed by atoms with van der Waals surface area (Å²) in [5.41, 5.74) is 5.56. The first-order valence-electron chi connectivity index (χ1n) is 15.1. The second-order valence-corrected chi connectivity index (χ2v) is 16.0. The molecule has 0 heterocycles. The van der Waals surface area contributed by atoms with Crippen LogP contribution in [0.2, 0.25) is 0 Å². The van der Waals surface area contributed by atoms with Crippen molar-refractivity contribution in [2.24, 2.45) is 4.99 Å². The van der Waals surface area contributed by atoms with Crippen LogP contribution in [0.5, 0.6) is 11.5 Å². The number of aromatic hydroxyl groups is 2. The van der Waals surface area contributed by atoms with E-state index in [0.717, 1.165) is 47.9 Å². The van der Waals surface area contributed by atoms with Crippen molar-refractivity contribution in [2.45, 2.75) is 143 Å². The van der Waals surface area contributed by atoms with Gasteiger partial charge in [-0.1, -0.05) is 102 Å². The molecule has 2 aromatic rings. The smallest absolute Gasteiger partial charge is 0.173 e. The van der Waals surface area contributed by atoms with Crippen LogP contribution < -0.4 is 4.99 Å². The Morgan fingerprint density at radius 1 is 0.659 bits per heavy atom. The van der Waals surface area contributed by atoms with E-state index in [0.29, 0.717) is 11.5 Å². The average Bonchev–Trinajstić information content (AvgIpc) is 2.80. The maximum Gasteiger partial charge on any atom is 0.173 e. The second-order valence-electron chi connectivity index (χ2n) is 16.0. The summed E-state index contributed by atoms with van der Waals surface area (Å²) in [7, 11) is 0. The predicted molar refractivity (Wildman–Crippen MR) is 171 cm³/mol. The third-order valence-electron chi connectivity index (χ3n) is 8.21. The van der Waals surface area contributed by atoms with E-state index in [2.05, 4.69) is 112 Å². The Kier molecular flexibility index (Phi) is 10.8. The van der Waals surface area contributed by atoms with E-state index in [1.807, 2.05) is 12.4 Å². The van der Waals surface area contributed by atoms with Crippen molar-refractivity contribution in [3.8, 4) is 11.5 Å². The third kappa shape index (κ3) is 8.70. The quantitative estimate of drug-likeness (QED) is 0.322. The van der Waals surface area contributed by atoms with E-state index >= 15 is 0 Å². The van der Waals surface area contributed by atoms with Gasteiger partial charge in [-0.25, -0.2) is 4.99 Å². The van der Waals surface area contributed by atoms with Crippen LogP contribution in [0.4, 0.5) is 0 Å². The molecule has 0 saturated heterocycles. The monoisotopic (exact) mass is 606 g/mol. The molecule has 1 aliphatic carbocycles. The molecule has 2 aromatic carbocycles. The summed E-state index contributed by atoms with van der Waals surface area (Å²) in [6.07, 6.45) is 8.19. The zero-order chi connectivity index (χ0) is 30.3. The Labute approximate surface area is 260 Å². The minimum Gasteiger partial charge on any atom is -0.507 e. The van der Waals surface area contributed by atoms with Crippen molar-refractivity contribution >= 4 is 12.4 Å². The van der Waals surface area contributed by atoms with Crippen LogP contribution in [0.25, 0.3) is 0 Å². The van der Waals surface area contributed by atoms with Crippen molar-refractivity contribution in [2.75, 3.05) is 0 Å². The summed E-state index contributed by atoms with van der Waals surface area (Å²) < 4.78 is 0. The van der Waals surface area contributed by atoms with Crippen LogP contribution >= 0.6 is 0 Å². The molecular weight excluding hydrogens is 551 g/mol. The van der Waals surface area contributed by atoms with Crippen LogP contribution in [-0.4, -0.2) is 34.7 Å². The third-order valence-corrected chi connectivity index (χ3v) is 8.21. The molecule has 0 aliphatic heterocycles. The fraction of sp³-hybridized carbons (Fsp3) is 0.611. The number of hydrogen-bond acceptors (Lipinski definition) is 3. The summed E-state index contributed by atoms with van der Waals surface area (Å²) in [4.78, 5) is 8.71. The molecule has 1 radical (unpaired) electrons. The topological polar surface area (TPSA) is 66.8 Å². The Bertz CT molecular complexity index is 1170. The number of benzene rings is 2. The summed E-state index contributed by atoms with van der Waals surface area (Å²) in [6, 6.07) is 8.77. The van der Waals surface area contributed by atoms with E-state index in [9.17, 15) is 10.2 Å². The molecule has 229 valence electrons. The largest absolute Gasteiger partial charge is 0.507 e. The van der Waals surface area contributed by atoms with Crippen molar-refractivity contribution in [3.05, 3.63) is 57.6 Å². The molecule has 4 nitrogen and oxygen atoms in total. The van der Waals surface area contributed by atoms with E-state index in [1.165, 1.54) is 11.1 Å². The SMILES string of the molecule is CC(C)(C)c1cc(C=N[C@H]2CCCC[C@@H]2[NH+]=Cc2cc(C(C)(C)C)cc(C(C)(C)C)c2O)c(O)c(C(C)(C)C)c1.[Co]. The first-order chi connectivity index (χ1) is 18.2. The summed E-state index contributed by atoms with van der Waals surface area (Å²) in [6.45, 7) is 26.1. The van der Waals surface area contributed by atoms with Gasteiger partial charge in [-0.05, 0) is 57.8 Å². The molecule has 0 spiro atoms. The van der Waals surface area contributed by atoms with Crippen molar-refractivity contribution in [1.29, 1.82) is 0 Å². The fourth-order valence-corrected chi connectivity index (χ4v) is 5.39. The van der Waals surface area contributed by atoms with Crippen LogP contribution in [0, 0.1) is 0 Å². The average molecular weight is 607 g/mol. The molecule has 5 heteroatoms. The first-order valence-corrected chi connectivity index (χ1v) is 15.1. The first kappa shape index (κ1) is 35.1. The van der Waals surface area contributed by atoms with Gasteiger partial charge < -0.3 is 10.2 Å². The molecule has 2 atom stereocenters. The van der Waals surface area contributed by atoms with Gasteiger partial charge in [0.1, 0.15) is 17.5 Å².